The summed E-state index contributed by atoms with van der Waals surface area (Å²) in [6, 6.07) is 11.0. The summed E-state index contributed by atoms with van der Waals surface area (Å²) in [6.45, 7) is 7.23. The third-order valence-corrected chi connectivity index (χ3v) is 4.69. The highest BCUT2D eigenvalue weighted by atomic mass is 14.3. The van der Waals surface area contributed by atoms with Crippen LogP contribution in [0.1, 0.15) is 45.6 Å². The molecule has 1 saturated carbocycles. The topological polar surface area (TPSA) is 0 Å². The van der Waals surface area contributed by atoms with Gasteiger partial charge in [0, 0.05) is 0 Å². The van der Waals surface area contributed by atoms with Crippen molar-refractivity contribution < 1.29 is 0 Å². The Morgan fingerprint density at radius 3 is 2.47 bits per heavy atom. The molecule has 0 nitrogen and oxygen atoms in total. The summed E-state index contributed by atoms with van der Waals surface area (Å²) in [7, 11) is 0. The van der Waals surface area contributed by atoms with Crippen LogP contribution in [0, 0.1) is 23.7 Å². The molecule has 3 unspecified atom stereocenters. The first-order chi connectivity index (χ1) is 8.16. The van der Waals surface area contributed by atoms with Gasteiger partial charge in [0.2, 0.25) is 0 Å². The number of rotatable bonds is 3. The van der Waals surface area contributed by atoms with Crippen LogP contribution >= 0.6 is 0 Å². The Hall–Kier alpha value is -0.780. The standard InChI is InChI=1S/C17H26/c1-13(2)16-10-9-14(3)17(12-16)11-15-7-5-4-6-8-15/h4-8,13-14,16-17H,9-12H2,1-3H3. The fourth-order valence-corrected chi connectivity index (χ4v) is 3.26. The van der Waals surface area contributed by atoms with Crippen LogP contribution in [-0.2, 0) is 6.42 Å². The Kier molecular flexibility index (Phi) is 4.25. The van der Waals surface area contributed by atoms with Gasteiger partial charge < -0.3 is 0 Å². The minimum atomic E-state index is 0.862. The summed E-state index contributed by atoms with van der Waals surface area (Å²) >= 11 is 0. The lowest BCUT2D eigenvalue weighted by Crippen LogP contribution is -2.27. The highest BCUT2D eigenvalue weighted by Gasteiger charge is 2.29. The van der Waals surface area contributed by atoms with E-state index in [-0.39, 0.29) is 0 Å². The Morgan fingerprint density at radius 1 is 1.12 bits per heavy atom. The molecule has 0 spiro atoms. The molecule has 17 heavy (non-hydrogen) atoms. The third-order valence-electron chi connectivity index (χ3n) is 4.69. The van der Waals surface area contributed by atoms with E-state index >= 15 is 0 Å². The zero-order valence-corrected chi connectivity index (χ0v) is 11.5. The van der Waals surface area contributed by atoms with Gasteiger partial charge in [-0.15, -0.1) is 0 Å². The van der Waals surface area contributed by atoms with Crippen molar-refractivity contribution in [2.24, 2.45) is 23.7 Å². The fourth-order valence-electron chi connectivity index (χ4n) is 3.26. The fraction of sp³-hybridized carbons (Fsp3) is 0.647. The van der Waals surface area contributed by atoms with Gasteiger partial charge in [0.1, 0.15) is 0 Å². The SMILES string of the molecule is CC(C)C1CCC(C)C(Cc2ccccc2)C1. The lowest BCUT2D eigenvalue weighted by molar-refractivity contribution is 0.158. The molecule has 2 rings (SSSR count). The average Bonchev–Trinajstić information content (AvgIpc) is 2.33. The van der Waals surface area contributed by atoms with Crippen LogP contribution in [0.25, 0.3) is 0 Å². The van der Waals surface area contributed by atoms with Gasteiger partial charge in [0.25, 0.3) is 0 Å². The first-order valence-electron chi connectivity index (χ1n) is 7.20. The van der Waals surface area contributed by atoms with E-state index in [9.17, 15) is 0 Å². The van der Waals surface area contributed by atoms with Crippen molar-refractivity contribution in [3.05, 3.63) is 35.9 Å². The van der Waals surface area contributed by atoms with E-state index in [1.165, 1.54) is 31.2 Å². The van der Waals surface area contributed by atoms with Crippen molar-refractivity contribution in [2.75, 3.05) is 0 Å². The van der Waals surface area contributed by atoms with E-state index in [1.54, 1.807) is 0 Å². The first kappa shape index (κ1) is 12.7. The molecular formula is C17H26. The van der Waals surface area contributed by atoms with E-state index in [1.807, 2.05) is 0 Å². The zero-order chi connectivity index (χ0) is 12.3. The summed E-state index contributed by atoms with van der Waals surface area (Å²) in [5.41, 5.74) is 1.52. The molecule has 0 heterocycles. The van der Waals surface area contributed by atoms with E-state index in [0.29, 0.717) is 0 Å². The van der Waals surface area contributed by atoms with Gasteiger partial charge in [-0.25, -0.2) is 0 Å². The number of hydrogen-bond donors (Lipinski definition) is 0. The van der Waals surface area contributed by atoms with Crippen molar-refractivity contribution in [3.8, 4) is 0 Å². The predicted molar refractivity (Wildman–Crippen MR) is 75.0 cm³/mol. The van der Waals surface area contributed by atoms with Crippen LogP contribution in [0.2, 0.25) is 0 Å². The largest absolute Gasteiger partial charge is 0.0625 e. The van der Waals surface area contributed by atoms with E-state index < -0.39 is 0 Å². The molecule has 1 aromatic carbocycles. The molecule has 0 aliphatic heterocycles. The molecule has 1 aromatic rings. The van der Waals surface area contributed by atoms with E-state index in [0.717, 1.165) is 23.7 Å². The molecule has 0 saturated heterocycles. The monoisotopic (exact) mass is 230 g/mol. The molecule has 0 amide bonds. The molecule has 0 N–H and O–H groups in total. The molecule has 0 heteroatoms. The van der Waals surface area contributed by atoms with Crippen LogP contribution in [0.3, 0.4) is 0 Å². The summed E-state index contributed by atoms with van der Waals surface area (Å²) in [4.78, 5) is 0. The lowest BCUT2D eigenvalue weighted by Gasteiger charge is -2.36. The molecule has 0 aromatic heterocycles. The summed E-state index contributed by atoms with van der Waals surface area (Å²) in [5, 5.41) is 0. The Labute approximate surface area is 106 Å². The van der Waals surface area contributed by atoms with E-state index in [2.05, 4.69) is 51.1 Å². The summed E-state index contributed by atoms with van der Waals surface area (Å²) in [5.74, 6) is 3.63. The normalized spacial score (nSPS) is 29.5. The van der Waals surface area contributed by atoms with Crippen molar-refractivity contribution in [1.82, 2.24) is 0 Å². The minimum Gasteiger partial charge on any atom is -0.0625 e. The molecule has 1 aliphatic carbocycles. The first-order valence-corrected chi connectivity index (χ1v) is 7.20. The van der Waals surface area contributed by atoms with Gasteiger partial charge in [-0.05, 0) is 48.5 Å². The molecule has 1 aliphatic rings. The van der Waals surface area contributed by atoms with Gasteiger partial charge in [-0.2, -0.15) is 0 Å². The Morgan fingerprint density at radius 2 is 1.82 bits per heavy atom. The quantitative estimate of drug-likeness (QED) is 0.690. The molecule has 0 radical (unpaired) electrons. The molecular weight excluding hydrogens is 204 g/mol. The molecule has 94 valence electrons. The number of benzene rings is 1. The number of hydrogen-bond acceptors (Lipinski definition) is 0. The van der Waals surface area contributed by atoms with Gasteiger partial charge in [-0.3, -0.25) is 0 Å². The summed E-state index contributed by atoms with van der Waals surface area (Å²) in [6.07, 6.45) is 5.60. The Balaban J connectivity index is 1.99. The maximum atomic E-state index is 2.45. The third kappa shape index (κ3) is 3.34. The van der Waals surface area contributed by atoms with Crippen molar-refractivity contribution in [3.63, 3.8) is 0 Å². The minimum absolute atomic E-state index is 0.862. The second kappa shape index (κ2) is 5.71. The van der Waals surface area contributed by atoms with Crippen LogP contribution in [0.15, 0.2) is 30.3 Å². The maximum absolute atomic E-state index is 2.45. The maximum Gasteiger partial charge on any atom is -0.0248 e. The smallest absolute Gasteiger partial charge is 0.0248 e. The molecule has 0 bridgehead atoms. The van der Waals surface area contributed by atoms with Crippen molar-refractivity contribution in [2.45, 2.75) is 46.5 Å². The highest BCUT2D eigenvalue weighted by Crippen LogP contribution is 2.38. The molecule has 1 fully saturated rings. The van der Waals surface area contributed by atoms with Crippen molar-refractivity contribution >= 4 is 0 Å². The van der Waals surface area contributed by atoms with E-state index in [4.69, 9.17) is 0 Å². The second-order valence-electron chi connectivity index (χ2n) is 6.24. The van der Waals surface area contributed by atoms with Crippen LogP contribution in [-0.4, -0.2) is 0 Å². The van der Waals surface area contributed by atoms with Crippen LogP contribution < -0.4 is 0 Å². The summed E-state index contributed by atoms with van der Waals surface area (Å²) < 4.78 is 0. The zero-order valence-electron chi connectivity index (χ0n) is 11.5. The van der Waals surface area contributed by atoms with Crippen molar-refractivity contribution in [1.29, 1.82) is 0 Å². The predicted octanol–water partition coefficient (Wildman–Crippen LogP) is 4.94. The van der Waals surface area contributed by atoms with Crippen LogP contribution in [0.5, 0.6) is 0 Å². The van der Waals surface area contributed by atoms with Crippen LogP contribution in [0.4, 0.5) is 0 Å². The van der Waals surface area contributed by atoms with Gasteiger partial charge >= 0.3 is 0 Å². The van der Waals surface area contributed by atoms with Gasteiger partial charge in [0.05, 0.1) is 0 Å². The van der Waals surface area contributed by atoms with Gasteiger partial charge in [-0.1, -0.05) is 57.5 Å². The Bertz CT molecular complexity index is 325. The average molecular weight is 230 g/mol. The highest BCUT2D eigenvalue weighted by molar-refractivity contribution is 5.15. The lowest BCUT2D eigenvalue weighted by atomic mass is 9.69. The molecule has 3 atom stereocenters. The second-order valence-corrected chi connectivity index (χ2v) is 6.24. The van der Waals surface area contributed by atoms with Gasteiger partial charge in [0.15, 0.2) is 0 Å².